The lowest BCUT2D eigenvalue weighted by Crippen LogP contribution is -2.18. The summed E-state index contributed by atoms with van der Waals surface area (Å²) in [6.07, 6.45) is -4.35. The van der Waals surface area contributed by atoms with Gasteiger partial charge >= 0.3 is 12.1 Å². The lowest BCUT2D eigenvalue weighted by molar-refractivity contribution is -0.141. The van der Waals surface area contributed by atoms with E-state index in [1.165, 1.54) is 7.11 Å². The first-order chi connectivity index (χ1) is 9.74. The van der Waals surface area contributed by atoms with Gasteiger partial charge in [-0.2, -0.15) is 13.2 Å². The van der Waals surface area contributed by atoms with Crippen molar-refractivity contribution in [1.82, 2.24) is 5.32 Å². The van der Waals surface area contributed by atoms with Crippen LogP contribution in [0.2, 0.25) is 5.02 Å². The van der Waals surface area contributed by atoms with Crippen LogP contribution < -0.4 is 10.1 Å². The predicted molar refractivity (Wildman–Crippen MR) is 69.5 cm³/mol. The quantitative estimate of drug-likeness (QED) is 0.897. The number of carboxylic acids is 1. The van der Waals surface area contributed by atoms with Crippen LogP contribution in [-0.4, -0.2) is 24.7 Å². The first-order valence-corrected chi connectivity index (χ1v) is 6.52. The third kappa shape index (κ3) is 3.24. The minimum Gasteiger partial charge on any atom is -0.495 e. The molecule has 0 aromatic heterocycles. The van der Waals surface area contributed by atoms with Crippen LogP contribution in [0.3, 0.4) is 0 Å². The van der Waals surface area contributed by atoms with Gasteiger partial charge in [0.15, 0.2) is 0 Å². The molecule has 0 amide bonds. The monoisotopic (exact) mass is 323 g/mol. The van der Waals surface area contributed by atoms with Crippen molar-refractivity contribution in [1.29, 1.82) is 0 Å². The van der Waals surface area contributed by atoms with Gasteiger partial charge in [0.2, 0.25) is 0 Å². The molecule has 2 N–H and O–H groups in total. The van der Waals surface area contributed by atoms with Gasteiger partial charge in [0.05, 0.1) is 23.6 Å². The van der Waals surface area contributed by atoms with Crippen LogP contribution in [-0.2, 0) is 11.0 Å². The predicted octanol–water partition coefficient (Wildman–Crippen LogP) is 3.10. The van der Waals surface area contributed by atoms with E-state index in [1.54, 1.807) is 0 Å². The van der Waals surface area contributed by atoms with Gasteiger partial charge < -0.3 is 15.2 Å². The van der Waals surface area contributed by atoms with Gasteiger partial charge in [-0.25, -0.2) is 0 Å². The Morgan fingerprint density at radius 3 is 2.62 bits per heavy atom. The van der Waals surface area contributed by atoms with E-state index in [-0.39, 0.29) is 29.3 Å². The van der Waals surface area contributed by atoms with Gasteiger partial charge in [-0.3, -0.25) is 4.79 Å². The van der Waals surface area contributed by atoms with E-state index in [4.69, 9.17) is 21.4 Å². The number of ether oxygens (including phenoxy) is 1. The third-order valence-electron chi connectivity index (χ3n) is 3.46. The van der Waals surface area contributed by atoms with Crippen molar-refractivity contribution in [3.05, 3.63) is 28.3 Å². The molecule has 0 bridgehead atoms. The van der Waals surface area contributed by atoms with Crippen molar-refractivity contribution in [2.75, 3.05) is 13.7 Å². The molecule has 4 nitrogen and oxygen atoms in total. The van der Waals surface area contributed by atoms with E-state index in [2.05, 4.69) is 5.32 Å². The van der Waals surface area contributed by atoms with Crippen LogP contribution in [0.5, 0.6) is 5.75 Å². The average molecular weight is 324 g/mol. The Hall–Kier alpha value is -1.47. The van der Waals surface area contributed by atoms with E-state index < -0.39 is 29.7 Å². The molecule has 1 fully saturated rings. The number of carbonyl (C=O) groups is 1. The summed E-state index contributed by atoms with van der Waals surface area (Å²) in [5.74, 6) is -1.50. The van der Waals surface area contributed by atoms with Crippen LogP contribution in [0.4, 0.5) is 13.2 Å². The number of halogens is 4. The van der Waals surface area contributed by atoms with Crippen molar-refractivity contribution >= 4 is 17.6 Å². The molecular formula is C13H13ClF3NO3. The van der Waals surface area contributed by atoms with Crippen LogP contribution in [0, 0.1) is 5.92 Å². The summed E-state index contributed by atoms with van der Waals surface area (Å²) in [6.45, 7) is 0.191. The van der Waals surface area contributed by atoms with Crippen molar-refractivity contribution in [2.24, 2.45) is 5.92 Å². The number of alkyl halides is 3. The van der Waals surface area contributed by atoms with Crippen molar-refractivity contribution in [3.63, 3.8) is 0 Å². The largest absolute Gasteiger partial charge is 0.495 e. The normalized spacial score (nSPS) is 22.3. The maximum absolute atomic E-state index is 12.9. The molecule has 1 saturated heterocycles. The fourth-order valence-corrected chi connectivity index (χ4v) is 2.72. The Bertz CT molecular complexity index is 562. The van der Waals surface area contributed by atoms with Gasteiger partial charge in [-0.05, 0) is 18.6 Å². The number of carboxylic acid groups (broad SMARTS) is 1. The summed E-state index contributed by atoms with van der Waals surface area (Å²) < 4.78 is 43.6. The molecule has 1 aliphatic heterocycles. The molecule has 0 saturated carbocycles. The Kier molecular flexibility index (Phi) is 4.34. The second-order valence-corrected chi connectivity index (χ2v) is 5.22. The maximum atomic E-state index is 12.9. The number of hydrogen-bond acceptors (Lipinski definition) is 3. The molecule has 2 unspecified atom stereocenters. The topological polar surface area (TPSA) is 58.6 Å². The minimum absolute atomic E-state index is 0.133. The first kappa shape index (κ1) is 15.9. The van der Waals surface area contributed by atoms with Crippen LogP contribution in [0.1, 0.15) is 23.6 Å². The van der Waals surface area contributed by atoms with Crippen molar-refractivity contribution < 1.29 is 27.8 Å². The number of hydrogen-bond donors (Lipinski definition) is 2. The standard InChI is InChI=1S/C13H13ClF3NO3/c1-21-11-8(10-2-6(5-18-10)12(19)20)3-7(4-9(11)14)13(15,16)17/h3-4,6,10,18H,2,5H2,1H3,(H,19,20). The Morgan fingerprint density at radius 1 is 1.48 bits per heavy atom. The summed E-state index contributed by atoms with van der Waals surface area (Å²) in [7, 11) is 1.31. The highest BCUT2D eigenvalue weighted by Gasteiger charge is 2.36. The molecule has 21 heavy (non-hydrogen) atoms. The molecule has 1 heterocycles. The zero-order valence-electron chi connectivity index (χ0n) is 11.0. The SMILES string of the molecule is COc1c(Cl)cc(C(F)(F)F)cc1C1CC(C(=O)O)CN1. The van der Waals surface area contributed by atoms with Gasteiger partial charge in [0.1, 0.15) is 5.75 Å². The lowest BCUT2D eigenvalue weighted by Gasteiger charge is -2.19. The molecule has 1 aromatic rings. The smallest absolute Gasteiger partial charge is 0.416 e. The number of methoxy groups -OCH3 is 1. The molecule has 1 aliphatic rings. The van der Waals surface area contributed by atoms with Gasteiger partial charge in [-0.15, -0.1) is 0 Å². The maximum Gasteiger partial charge on any atom is 0.416 e. The Balaban J connectivity index is 2.42. The molecule has 8 heteroatoms. The van der Waals surface area contributed by atoms with E-state index in [9.17, 15) is 18.0 Å². The van der Waals surface area contributed by atoms with Crippen LogP contribution in [0.25, 0.3) is 0 Å². The highest BCUT2D eigenvalue weighted by molar-refractivity contribution is 6.32. The zero-order valence-corrected chi connectivity index (χ0v) is 11.8. The van der Waals surface area contributed by atoms with Gasteiger partial charge in [0.25, 0.3) is 0 Å². The first-order valence-electron chi connectivity index (χ1n) is 6.15. The molecule has 116 valence electrons. The second-order valence-electron chi connectivity index (χ2n) is 4.81. The highest BCUT2D eigenvalue weighted by Crippen LogP contribution is 2.42. The van der Waals surface area contributed by atoms with E-state index >= 15 is 0 Å². The number of benzene rings is 1. The molecule has 0 radical (unpaired) electrons. The fraction of sp³-hybridized carbons (Fsp3) is 0.462. The van der Waals surface area contributed by atoms with E-state index in [0.717, 1.165) is 12.1 Å². The molecule has 2 atom stereocenters. The van der Waals surface area contributed by atoms with E-state index in [1.807, 2.05) is 0 Å². The number of nitrogens with one attached hydrogen (secondary N) is 1. The van der Waals surface area contributed by atoms with Crippen LogP contribution >= 0.6 is 11.6 Å². The average Bonchev–Trinajstić information content (AvgIpc) is 2.86. The Morgan fingerprint density at radius 2 is 2.14 bits per heavy atom. The molecular weight excluding hydrogens is 311 g/mol. The molecule has 0 aliphatic carbocycles. The van der Waals surface area contributed by atoms with Crippen molar-refractivity contribution in [3.8, 4) is 5.75 Å². The second kappa shape index (κ2) is 5.73. The summed E-state index contributed by atoms with van der Waals surface area (Å²) in [6, 6.07) is 1.21. The van der Waals surface area contributed by atoms with Gasteiger partial charge in [0, 0.05) is 18.2 Å². The Labute approximate surface area is 123 Å². The third-order valence-corrected chi connectivity index (χ3v) is 3.74. The highest BCUT2D eigenvalue weighted by atomic mass is 35.5. The van der Waals surface area contributed by atoms with Gasteiger partial charge in [-0.1, -0.05) is 11.6 Å². The molecule has 0 spiro atoms. The van der Waals surface area contributed by atoms with Crippen molar-refractivity contribution in [2.45, 2.75) is 18.6 Å². The van der Waals surface area contributed by atoms with E-state index in [0.29, 0.717) is 0 Å². The summed E-state index contributed by atoms with van der Waals surface area (Å²) >= 11 is 5.85. The summed E-state index contributed by atoms with van der Waals surface area (Å²) in [4.78, 5) is 10.9. The molecule has 2 rings (SSSR count). The zero-order chi connectivity index (χ0) is 15.8. The lowest BCUT2D eigenvalue weighted by atomic mass is 9.97. The number of rotatable bonds is 3. The van der Waals surface area contributed by atoms with Crippen LogP contribution in [0.15, 0.2) is 12.1 Å². The molecule has 1 aromatic carbocycles. The number of aliphatic carboxylic acids is 1. The summed E-state index contributed by atoms with van der Waals surface area (Å²) in [5, 5.41) is 11.7. The minimum atomic E-state index is -4.53. The summed E-state index contributed by atoms with van der Waals surface area (Å²) in [5.41, 5.74) is -0.662. The fourth-order valence-electron chi connectivity index (χ4n) is 2.41.